The van der Waals surface area contributed by atoms with Gasteiger partial charge in [0.05, 0.1) is 32.0 Å². The van der Waals surface area contributed by atoms with Gasteiger partial charge in [-0.15, -0.1) is 11.3 Å². The molecule has 0 atom stereocenters. The average Bonchev–Trinajstić information content (AvgIpc) is 2.90. The number of ether oxygens (including phenoxy) is 3. The van der Waals surface area contributed by atoms with Gasteiger partial charge in [-0.3, -0.25) is 4.79 Å². The van der Waals surface area contributed by atoms with E-state index < -0.39 is 0 Å². The molecule has 0 bridgehead atoms. The van der Waals surface area contributed by atoms with Crippen molar-refractivity contribution >= 4 is 22.9 Å². The van der Waals surface area contributed by atoms with E-state index >= 15 is 0 Å². The lowest BCUT2D eigenvalue weighted by Gasteiger charge is -2.14. The Morgan fingerprint density at radius 3 is 2.21 bits per heavy atom. The Hall–Kier alpha value is -2.28. The molecule has 0 aliphatic rings. The molecule has 0 aliphatic heterocycles. The molecule has 0 unspecified atom stereocenters. The Kier molecular flexibility index (Phi) is 6.03. The maximum absolute atomic E-state index is 12.2. The number of hydrogen-bond donors (Lipinski definition) is 1. The highest BCUT2D eigenvalue weighted by atomic mass is 32.1. The van der Waals surface area contributed by atoms with Crippen LogP contribution in [0.15, 0.2) is 12.1 Å². The van der Waals surface area contributed by atoms with E-state index in [2.05, 4.69) is 10.3 Å². The molecule has 0 saturated carbocycles. The fraction of sp³-hybridized carbons (Fsp3) is 0.412. The number of benzene rings is 1. The maximum atomic E-state index is 12.2. The van der Waals surface area contributed by atoms with Gasteiger partial charge in [-0.25, -0.2) is 4.98 Å². The molecule has 7 heteroatoms. The first-order valence-corrected chi connectivity index (χ1v) is 8.33. The van der Waals surface area contributed by atoms with E-state index in [-0.39, 0.29) is 5.91 Å². The van der Waals surface area contributed by atoms with Gasteiger partial charge in [-0.05, 0) is 13.8 Å². The molecule has 6 nitrogen and oxygen atoms in total. The highest BCUT2D eigenvalue weighted by Gasteiger charge is 2.15. The molecule has 1 heterocycles. The van der Waals surface area contributed by atoms with Crippen LogP contribution in [0.4, 0.5) is 5.69 Å². The molecule has 0 radical (unpaired) electrons. The Morgan fingerprint density at radius 1 is 1.12 bits per heavy atom. The summed E-state index contributed by atoms with van der Waals surface area (Å²) in [6.45, 7) is 4.01. The predicted octanol–water partition coefficient (Wildman–Crippen LogP) is 3.36. The third-order valence-corrected chi connectivity index (χ3v) is 4.72. The molecule has 130 valence electrons. The zero-order chi connectivity index (χ0) is 17.7. The van der Waals surface area contributed by atoms with Gasteiger partial charge in [0.1, 0.15) is 0 Å². The molecular weight excluding hydrogens is 328 g/mol. The van der Waals surface area contributed by atoms with Crippen molar-refractivity contribution < 1.29 is 19.0 Å². The number of aromatic nitrogens is 1. The lowest BCUT2D eigenvalue weighted by atomic mass is 10.2. The van der Waals surface area contributed by atoms with Gasteiger partial charge in [0.15, 0.2) is 11.5 Å². The van der Waals surface area contributed by atoms with Crippen LogP contribution in [-0.2, 0) is 11.2 Å². The van der Waals surface area contributed by atoms with Crippen LogP contribution in [0.1, 0.15) is 22.0 Å². The molecule has 0 fully saturated rings. The van der Waals surface area contributed by atoms with E-state index in [0.717, 1.165) is 10.7 Å². The molecule has 24 heavy (non-hydrogen) atoms. The van der Waals surface area contributed by atoms with Gasteiger partial charge in [0.2, 0.25) is 11.7 Å². The Labute approximate surface area is 145 Å². The monoisotopic (exact) mass is 350 g/mol. The minimum Gasteiger partial charge on any atom is -0.493 e. The standard InChI is InChI=1S/C17H22N2O4S/c1-10-11(2)24-16(18-10)7-6-15(20)19-12-8-13(21-3)17(23-5)14(9-12)22-4/h8-9H,6-7H2,1-5H3,(H,19,20). The summed E-state index contributed by atoms with van der Waals surface area (Å²) in [5, 5.41) is 3.83. The molecule has 1 aromatic carbocycles. The van der Waals surface area contributed by atoms with Crippen molar-refractivity contribution in [1.82, 2.24) is 4.98 Å². The zero-order valence-electron chi connectivity index (χ0n) is 14.6. The van der Waals surface area contributed by atoms with Crippen LogP contribution in [0.25, 0.3) is 0 Å². The number of carbonyl (C=O) groups excluding carboxylic acids is 1. The summed E-state index contributed by atoms with van der Waals surface area (Å²) in [6.07, 6.45) is 0.985. The first-order chi connectivity index (χ1) is 11.5. The number of thiazole rings is 1. The number of amides is 1. The topological polar surface area (TPSA) is 69.7 Å². The van der Waals surface area contributed by atoms with E-state index in [1.807, 2.05) is 13.8 Å². The number of anilines is 1. The molecule has 0 aliphatic carbocycles. The lowest BCUT2D eigenvalue weighted by Crippen LogP contribution is -2.12. The Morgan fingerprint density at radius 2 is 1.75 bits per heavy atom. The SMILES string of the molecule is COc1cc(NC(=O)CCc2nc(C)c(C)s2)cc(OC)c1OC. The van der Waals surface area contributed by atoms with E-state index in [1.54, 1.807) is 23.5 Å². The minimum atomic E-state index is -0.0882. The maximum Gasteiger partial charge on any atom is 0.224 e. The van der Waals surface area contributed by atoms with Gasteiger partial charge >= 0.3 is 0 Å². The number of rotatable bonds is 7. The molecule has 1 N–H and O–H groups in total. The van der Waals surface area contributed by atoms with Crippen molar-refractivity contribution in [3.05, 3.63) is 27.7 Å². The highest BCUT2D eigenvalue weighted by Crippen LogP contribution is 2.39. The van der Waals surface area contributed by atoms with Crippen LogP contribution in [0.5, 0.6) is 17.2 Å². The van der Waals surface area contributed by atoms with Crippen molar-refractivity contribution in [2.45, 2.75) is 26.7 Å². The van der Waals surface area contributed by atoms with Gasteiger partial charge in [-0.2, -0.15) is 0 Å². The average molecular weight is 350 g/mol. The summed E-state index contributed by atoms with van der Waals surface area (Å²) in [7, 11) is 4.61. The fourth-order valence-corrected chi connectivity index (χ4v) is 3.18. The van der Waals surface area contributed by atoms with E-state index in [1.165, 1.54) is 26.2 Å². The second-order valence-electron chi connectivity index (χ2n) is 5.21. The smallest absolute Gasteiger partial charge is 0.224 e. The van der Waals surface area contributed by atoms with Crippen molar-refractivity contribution in [2.75, 3.05) is 26.6 Å². The van der Waals surface area contributed by atoms with Crippen molar-refractivity contribution in [3.8, 4) is 17.2 Å². The van der Waals surface area contributed by atoms with Gasteiger partial charge in [0, 0.05) is 35.5 Å². The second kappa shape index (κ2) is 8.01. The molecule has 2 rings (SSSR count). The van der Waals surface area contributed by atoms with E-state index in [9.17, 15) is 4.79 Å². The molecule has 0 spiro atoms. The van der Waals surface area contributed by atoms with Crippen molar-refractivity contribution in [1.29, 1.82) is 0 Å². The van der Waals surface area contributed by atoms with Crippen molar-refractivity contribution in [2.24, 2.45) is 0 Å². The van der Waals surface area contributed by atoms with E-state index in [4.69, 9.17) is 14.2 Å². The van der Waals surface area contributed by atoms with Crippen LogP contribution in [0.3, 0.4) is 0 Å². The summed E-state index contributed by atoms with van der Waals surface area (Å²) >= 11 is 1.63. The predicted molar refractivity (Wildman–Crippen MR) is 94.6 cm³/mol. The summed E-state index contributed by atoms with van der Waals surface area (Å²) in [4.78, 5) is 17.8. The lowest BCUT2D eigenvalue weighted by molar-refractivity contribution is -0.116. The summed E-state index contributed by atoms with van der Waals surface area (Å²) in [6, 6.07) is 3.41. The first-order valence-electron chi connectivity index (χ1n) is 7.51. The summed E-state index contributed by atoms with van der Waals surface area (Å²) in [5.41, 5.74) is 1.63. The first kappa shape index (κ1) is 18.1. The van der Waals surface area contributed by atoms with Gasteiger partial charge in [-0.1, -0.05) is 0 Å². The van der Waals surface area contributed by atoms with Gasteiger partial charge in [0.25, 0.3) is 0 Å². The highest BCUT2D eigenvalue weighted by molar-refractivity contribution is 7.11. The summed E-state index contributed by atoms with van der Waals surface area (Å²) in [5.74, 6) is 1.40. The number of hydrogen-bond acceptors (Lipinski definition) is 6. The van der Waals surface area contributed by atoms with Crippen LogP contribution < -0.4 is 19.5 Å². The number of nitrogens with one attached hydrogen (secondary N) is 1. The second-order valence-corrected chi connectivity index (χ2v) is 6.50. The Bertz CT molecular complexity index is 683. The molecule has 0 saturated heterocycles. The van der Waals surface area contributed by atoms with Crippen LogP contribution >= 0.6 is 11.3 Å². The molecule has 1 amide bonds. The number of methoxy groups -OCH3 is 3. The quantitative estimate of drug-likeness (QED) is 0.829. The molecular formula is C17H22N2O4S. The third-order valence-electron chi connectivity index (χ3n) is 3.59. The van der Waals surface area contributed by atoms with Gasteiger partial charge < -0.3 is 19.5 Å². The fourth-order valence-electron chi connectivity index (χ4n) is 2.24. The number of nitrogens with zero attached hydrogens (tertiary/aromatic N) is 1. The molecule has 1 aromatic heterocycles. The van der Waals surface area contributed by atoms with Crippen LogP contribution in [0.2, 0.25) is 0 Å². The minimum absolute atomic E-state index is 0.0882. The van der Waals surface area contributed by atoms with Crippen LogP contribution in [-0.4, -0.2) is 32.2 Å². The third kappa shape index (κ3) is 4.17. The Balaban J connectivity index is 2.05. The van der Waals surface area contributed by atoms with Crippen molar-refractivity contribution in [3.63, 3.8) is 0 Å². The zero-order valence-corrected chi connectivity index (χ0v) is 15.4. The summed E-state index contributed by atoms with van der Waals surface area (Å²) < 4.78 is 15.8. The normalized spacial score (nSPS) is 10.4. The largest absolute Gasteiger partial charge is 0.493 e. The number of carbonyl (C=O) groups is 1. The number of aryl methyl sites for hydroxylation is 3. The van der Waals surface area contributed by atoms with Crippen LogP contribution in [0, 0.1) is 13.8 Å². The molecule has 2 aromatic rings. The van der Waals surface area contributed by atoms with E-state index in [0.29, 0.717) is 35.8 Å².